The zero-order chi connectivity index (χ0) is 17.8. The fraction of sp³-hybridized carbons (Fsp3) is 0.533. The second-order valence-corrected chi connectivity index (χ2v) is 6.25. The van der Waals surface area contributed by atoms with Gasteiger partial charge in [0.1, 0.15) is 23.6 Å². The predicted molar refractivity (Wildman–Crippen MR) is 88.3 cm³/mol. The molecule has 0 radical (unpaired) electrons. The fourth-order valence-electron chi connectivity index (χ4n) is 3.28. The highest BCUT2D eigenvalue weighted by Gasteiger charge is 2.53. The SMILES string of the molecule is COc1nc2c3c(cn([C@@H]4O[C@H](CO)[C@@H](O)[C@@]4(C)O)c3n1)N=CCN2. The van der Waals surface area contributed by atoms with Crippen molar-refractivity contribution in [3.63, 3.8) is 0 Å². The van der Waals surface area contributed by atoms with Crippen molar-refractivity contribution in [1.82, 2.24) is 14.5 Å². The molecule has 0 aromatic carbocycles. The molecule has 2 aromatic heterocycles. The molecule has 0 unspecified atom stereocenters. The Kier molecular flexibility index (Phi) is 3.65. The number of anilines is 1. The van der Waals surface area contributed by atoms with Crippen LogP contribution in [0.5, 0.6) is 6.01 Å². The monoisotopic (exact) mass is 349 g/mol. The molecule has 25 heavy (non-hydrogen) atoms. The van der Waals surface area contributed by atoms with Gasteiger partial charge in [0.15, 0.2) is 11.9 Å². The highest BCUT2D eigenvalue weighted by atomic mass is 16.6. The van der Waals surface area contributed by atoms with Crippen LogP contribution < -0.4 is 10.1 Å². The molecule has 0 amide bonds. The van der Waals surface area contributed by atoms with E-state index < -0.39 is 30.6 Å². The van der Waals surface area contributed by atoms with Gasteiger partial charge < -0.3 is 34.7 Å². The fourth-order valence-corrected chi connectivity index (χ4v) is 3.28. The number of methoxy groups -OCH3 is 1. The first-order valence-corrected chi connectivity index (χ1v) is 7.87. The standard InChI is InChI=1S/C15H19N5O5/c1-15(23)10(22)8(6-21)25-13(15)20-5-7-9-11(17-4-3-16-7)18-14(24-2)19-12(9)20/h3,5,8,10,13,21-23H,4,6H2,1-2H3,(H,17,18,19)/t8-,10-,13-,15-/m1/s1. The van der Waals surface area contributed by atoms with Crippen LogP contribution in [0, 0.1) is 0 Å². The molecule has 4 heterocycles. The molecule has 2 aromatic rings. The summed E-state index contributed by atoms with van der Waals surface area (Å²) >= 11 is 0. The average Bonchev–Trinajstić information content (AvgIpc) is 2.96. The maximum absolute atomic E-state index is 10.8. The third-order valence-corrected chi connectivity index (χ3v) is 4.59. The van der Waals surface area contributed by atoms with Crippen molar-refractivity contribution >= 4 is 28.8 Å². The Labute approximate surface area is 142 Å². The van der Waals surface area contributed by atoms with Gasteiger partial charge in [-0.05, 0) is 6.92 Å². The molecule has 4 atom stereocenters. The lowest BCUT2D eigenvalue weighted by molar-refractivity contribution is -0.0948. The van der Waals surface area contributed by atoms with E-state index in [2.05, 4.69) is 20.3 Å². The van der Waals surface area contributed by atoms with Crippen LogP contribution in [0.15, 0.2) is 11.2 Å². The van der Waals surface area contributed by atoms with Crippen molar-refractivity contribution in [1.29, 1.82) is 0 Å². The molecule has 10 heteroatoms. The lowest BCUT2D eigenvalue weighted by atomic mass is 9.96. The van der Waals surface area contributed by atoms with E-state index in [1.54, 1.807) is 17.0 Å². The maximum atomic E-state index is 10.8. The summed E-state index contributed by atoms with van der Waals surface area (Å²) in [7, 11) is 1.46. The molecule has 0 bridgehead atoms. The van der Waals surface area contributed by atoms with Crippen molar-refractivity contribution < 1.29 is 24.8 Å². The number of ether oxygens (including phenoxy) is 2. The van der Waals surface area contributed by atoms with Crippen LogP contribution in [-0.4, -0.2) is 74.1 Å². The Hall–Kier alpha value is -2.27. The molecular weight excluding hydrogens is 330 g/mol. The number of nitrogens with one attached hydrogen (secondary N) is 1. The third kappa shape index (κ3) is 2.29. The topological polar surface area (TPSA) is 134 Å². The van der Waals surface area contributed by atoms with Gasteiger partial charge in [-0.1, -0.05) is 0 Å². The van der Waals surface area contributed by atoms with Gasteiger partial charge in [-0.15, -0.1) is 0 Å². The van der Waals surface area contributed by atoms with Gasteiger partial charge in [0.2, 0.25) is 0 Å². The molecule has 4 N–H and O–H groups in total. The van der Waals surface area contributed by atoms with Crippen molar-refractivity contribution in [2.45, 2.75) is 31.0 Å². The molecule has 2 aliphatic rings. The van der Waals surface area contributed by atoms with Crippen molar-refractivity contribution in [2.75, 3.05) is 25.6 Å². The van der Waals surface area contributed by atoms with Gasteiger partial charge in [-0.2, -0.15) is 9.97 Å². The van der Waals surface area contributed by atoms with Crippen LogP contribution in [0.2, 0.25) is 0 Å². The first-order valence-electron chi connectivity index (χ1n) is 7.87. The largest absolute Gasteiger partial charge is 0.467 e. The van der Waals surface area contributed by atoms with E-state index in [0.717, 1.165) is 0 Å². The van der Waals surface area contributed by atoms with E-state index in [-0.39, 0.29) is 6.01 Å². The maximum Gasteiger partial charge on any atom is 0.320 e. The number of aliphatic imine (C=N–C) groups is 1. The van der Waals surface area contributed by atoms with Crippen LogP contribution in [-0.2, 0) is 4.74 Å². The number of aliphatic hydroxyl groups excluding tert-OH is 2. The molecule has 0 aliphatic carbocycles. The number of nitrogens with zero attached hydrogens (tertiary/aromatic N) is 4. The Bertz CT molecular complexity index is 848. The van der Waals surface area contributed by atoms with Gasteiger partial charge >= 0.3 is 6.01 Å². The Morgan fingerprint density at radius 1 is 1.48 bits per heavy atom. The second kappa shape index (κ2) is 5.63. The van der Waals surface area contributed by atoms with Gasteiger partial charge in [0.05, 0.1) is 31.3 Å². The first kappa shape index (κ1) is 16.2. The van der Waals surface area contributed by atoms with Gasteiger partial charge in [-0.25, -0.2) is 0 Å². The van der Waals surface area contributed by atoms with Crippen LogP contribution in [0.4, 0.5) is 11.5 Å². The normalized spacial score (nSPS) is 31.2. The minimum absolute atomic E-state index is 0.152. The quantitative estimate of drug-likeness (QED) is 0.586. The number of rotatable bonds is 3. The highest BCUT2D eigenvalue weighted by molar-refractivity contribution is 6.01. The zero-order valence-electron chi connectivity index (χ0n) is 13.7. The van der Waals surface area contributed by atoms with E-state index in [9.17, 15) is 15.3 Å². The summed E-state index contributed by atoms with van der Waals surface area (Å²) < 4.78 is 12.4. The van der Waals surface area contributed by atoms with Crippen molar-refractivity contribution in [2.24, 2.45) is 4.99 Å². The van der Waals surface area contributed by atoms with Crippen LogP contribution >= 0.6 is 0 Å². The Morgan fingerprint density at radius 3 is 2.96 bits per heavy atom. The highest BCUT2D eigenvalue weighted by Crippen LogP contribution is 2.43. The molecule has 10 nitrogen and oxygen atoms in total. The summed E-state index contributed by atoms with van der Waals surface area (Å²) in [6, 6.07) is 0.152. The summed E-state index contributed by atoms with van der Waals surface area (Å²) in [5.41, 5.74) is -0.575. The molecule has 4 rings (SSSR count). The molecular formula is C15H19N5O5. The molecule has 2 aliphatic heterocycles. The van der Waals surface area contributed by atoms with Crippen LogP contribution in [0.1, 0.15) is 13.2 Å². The summed E-state index contributed by atoms with van der Waals surface area (Å²) in [6.45, 7) is 1.55. The lowest BCUT2D eigenvalue weighted by Crippen LogP contribution is -2.44. The van der Waals surface area contributed by atoms with E-state index in [1.165, 1.54) is 14.0 Å². The molecule has 1 fully saturated rings. The molecule has 134 valence electrons. The summed E-state index contributed by atoms with van der Waals surface area (Å²) in [5.74, 6) is 0.560. The van der Waals surface area contributed by atoms with E-state index in [4.69, 9.17) is 9.47 Å². The zero-order valence-corrected chi connectivity index (χ0v) is 13.7. The van der Waals surface area contributed by atoms with Crippen LogP contribution in [0.25, 0.3) is 11.0 Å². The van der Waals surface area contributed by atoms with E-state index in [0.29, 0.717) is 29.1 Å². The van der Waals surface area contributed by atoms with Gasteiger partial charge in [-0.3, -0.25) is 4.99 Å². The smallest absolute Gasteiger partial charge is 0.320 e. The summed E-state index contributed by atoms with van der Waals surface area (Å²) in [6.07, 6.45) is 0.265. The summed E-state index contributed by atoms with van der Waals surface area (Å²) in [4.78, 5) is 13.0. The number of aromatic nitrogens is 3. The minimum atomic E-state index is -1.63. The Balaban J connectivity index is 1.93. The van der Waals surface area contributed by atoms with Gasteiger partial charge in [0.25, 0.3) is 0 Å². The minimum Gasteiger partial charge on any atom is -0.467 e. The summed E-state index contributed by atoms with van der Waals surface area (Å²) in [5, 5.41) is 34.2. The average molecular weight is 349 g/mol. The first-order chi connectivity index (χ1) is 12.0. The third-order valence-electron chi connectivity index (χ3n) is 4.59. The van der Waals surface area contributed by atoms with E-state index >= 15 is 0 Å². The molecule has 0 spiro atoms. The Morgan fingerprint density at radius 2 is 2.28 bits per heavy atom. The van der Waals surface area contributed by atoms with Crippen molar-refractivity contribution in [3.8, 4) is 6.01 Å². The van der Waals surface area contributed by atoms with Crippen molar-refractivity contribution in [3.05, 3.63) is 6.20 Å². The number of aliphatic hydroxyl groups is 3. The van der Waals surface area contributed by atoms with Gasteiger partial charge in [0, 0.05) is 12.4 Å². The van der Waals surface area contributed by atoms with Crippen LogP contribution in [0.3, 0.4) is 0 Å². The molecule has 1 saturated heterocycles. The second-order valence-electron chi connectivity index (χ2n) is 6.25. The number of hydrogen-bond acceptors (Lipinski definition) is 9. The number of hydrogen-bond donors (Lipinski definition) is 4. The molecule has 0 saturated carbocycles. The predicted octanol–water partition coefficient (Wildman–Crippen LogP) is -0.431. The lowest BCUT2D eigenvalue weighted by Gasteiger charge is -2.27. The van der Waals surface area contributed by atoms with E-state index in [1.807, 2.05) is 0 Å².